The van der Waals surface area contributed by atoms with Crippen LogP contribution in [0.3, 0.4) is 0 Å². The van der Waals surface area contributed by atoms with E-state index in [0.717, 1.165) is 5.56 Å². The summed E-state index contributed by atoms with van der Waals surface area (Å²) in [5, 5.41) is 3.10. The van der Waals surface area contributed by atoms with Crippen molar-refractivity contribution in [2.75, 3.05) is 41.0 Å². The van der Waals surface area contributed by atoms with Crippen LogP contribution in [0.4, 0.5) is 0 Å². The van der Waals surface area contributed by atoms with Crippen molar-refractivity contribution in [1.82, 2.24) is 10.2 Å². The molecule has 0 unspecified atom stereocenters. The van der Waals surface area contributed by atoms with Gasteiger partial charge in [0.2, 0.25) is 5.91 Å². The summed E-state index contributed by atoms with van der Waals surface area (Å²) in [5.41, 5.74) is 1.42. The Morgan fingerprint density at radius 3 is 2.47 bits per heavy atom. The molecular weight excluding hydrogens is 408 g/mol. The van der Waals surface area contributed by atoms with Crippen molar-refractivity contribution in [2.24, 2.45) is 11.8 Å². The number of rotatable bonds is 8. The summed E-state index contributed by atoms with van der Waals surface area (Å²) >= 11 is 0. The molecular formula is C25H30N2O5. The lowest BCUT2D eigenvalue weighted by molar-refractivity contribution is -0.125. The van der Waals surface area contributed by atoms with Crippen molar-refractivity contribution in [3.8, 4) is 17.2 Å². The fourth-order valence-electron chi connectivity index (χ4n) is 4.39. The second-order valence-corrected chi connectivity index (χ2v) is 8.43. The van der Waals surface area contributed by atoms with Gasteiger partial charge in [-0.15, -0.1) is 0 Å². The smallest absolute Gasteiger partial charge is 0.254 e. The number of nitrogens with one attached hydrogen (secondary N) is 1. The van der Waals surface area contributed by atoms with E-state index in [1.165, 1.54) is 12.8 Å². The highest BCUT2D eigenvalue weighted by atomic mass is 16.5. The maximum absolute atomic E-state index is 13.3. The maximum Gasteiger partial charge on any atom is 0.254 e. The summed E-state index contributed by atoms with van der Waals surface area (Å²) in [5.74, 6) is 1.72. The Morgan fingerprint density at radius 1 is 1.00 bits per heavy atom. The third-order valence-corrected chi connectivity index (χ3v) is 6.36. The van der Waals surface area contributed by atoms with E-state index in [4.69, 9.17) is 14.2 Å². The molecule has 32 heavy (non-hydrogen) atoms. The Hall–Kier alpha value is -3.22. The van der Waals surface area contributed by atoms with Crippen LogP contribution in [-0.2, 0) is 4.79 Å². The molecule has 0 aromatic heterocycles. The fourth-order valence-corrected chi connectivity index (χ4v) is 4.39. The van der Waals surface area contributed by atoms with Crippen LogP contribution in [0.1, 0.15) is 34.7 Å². The molecule has 7 nitrogen and oxygen atoms in total. The highest BCUT2D eigenvalue weighted by Crippen LogP contribution is 2.42. The summed E-state index contributed by atoms with van der Waals surface area (Å²) in [6.07, 6.45) is 2.33. The second kappa shape index (κ2) is 9.51. The highest BCUT2D eigenvalue weighted by Gasteiger charge is 2.42. The SMILES string of the molecule is COc1cccc(C(=O)N2C[C@H](c3cccc(OC)c3OC)[C@H](C(=O)NCC3CC3)C2)c1. The molecule has 2 atom stereocenters. The number of carbonyl (C=O) groups excluding carboxylic acids is 2. The lowest BCUT2D eigenvalue weighted by Gasteiger charge is -2.21. The molecule has 2 aromatic carbocycles. The average molecular weight is 439 g/mol. The minimum atomic E-state index is -0.371. The molecule has 1 saturated heterocycles. The number of hydrogen-bond donors (Lipinski definition) is 1. The van der Waals surface area contributed by atoms with Crippen molar-refractivity contribution >= 4 is 11.8 Å². The molecule has 1 aliphatic carbocycles. The van der Waals surface area contributed by atoms with Gasteiger partial charge in [-0.1, -0.05) is 18.2 Å². The third kappa shape index (κ3) is 4.52. The molecule has 2 fully saturated rings. The van der Waals surface area contributed by atoms with E-state index in [-0.39, 0.29) is 23.7 Å². The monoisotopic (exact) mass is 438 g/mol. The van der Waals surface area contributed by atoms with Gasteiger partial charge in [0.25, 0.3) is 5.91 Å². The number of likely N-dealkylation sites (tertiary alicyclic amines) is 1. The number of amides is 2. The molecule has 2 aliphatic rings. The van der Waals surface area contributed by atoms with Crippen molar-refractivity contribution in [2.45, 2.75) is 18.8 Å². The molecule has 1 heterocycles. The number of ether oxygens (including phenoxy) is 3. The minimum absolute atomic E-state index is 0.0206. The van der Waals surface area contributed by atoms with Gasteiger partial charge >= 0.3 is 0 Å². The van der Waals surface area contributed by atoms with Crippen molar-refractivity contribution < 1.29 is 23.8 Å². The van der Waals surface area contributed by atoms with E-state index in [2.05, 4.69) is 5.32 Å². The summed E-state index contributed by atoms with van der Waals surface area (Å²) in [6, 6.07) is 12.8. The zero-order chi connectivity index (χ0) is 22.7. The lowest BCUT2D eigenvalue weighted by Crippen LogP contribution is -2.36. The van der Waals surface area contributed by atoms with Crippen LogP contribution in [0, 0.1) is 11.8 Å². The Labute approximate surface area is 188 Å². The molecule has 2 amide bonds. The summed E-state index contributed by atoms with van der Waals surface area (Å²) < 4.78 is 16.4. The molecule has 170 valence electrons. The van der Waals surface area contributed by atoms with Crippen LogP contribution in [-0.4, -0.2) is 57.7 Å². The molecule has 0 radical (unpaired) electrons. The first-order chi connectivity index (χ1) is 15.5. The lowest BCUT2D eigenvalue weighted by atomic mass is 9.87. The van der Waals surface area contributed by atoms with Crippen LogP contribution in [0.25, 0.3) is 0 Å². The Morgan fingerprint density at radius 2 is 1.78 bits per heavy atom. The van der Waals surface area contributed by atoms with Gasteiger partial charge in [0, 0.05) is 36.7 Å². The van der Waals surface area contributed by atoms with E-state index in [1.807, 2.05) is 18.2 Å². The number of nitrogens with zero attached hydrogens (tertiary/aromatic N) is 1. The summed E-state index contributed by atoms with van der Waals surface area (Å²) in [7, 11) is 4.76. The van der Waals surface area contributed by atoms with Gasteiger partial charge in [-0.05, 0) is 43.0 Å². The van der Waals surface area contributed by atoms with Crippen molar-refractivity contribution in [1.29, 1.82) is 0 Å². The molecule has 1 N–H and O–H groups in total. The van der Waals surface area contributed by atoms with Crippen LogP contribution in [0.5, 0.6) is 17.2 Å². The second-order valence-electron chi connectivity index (χ2n) is 8.43. The van der Waals surface area contributed by atoms with Crippen molar-refractivity contribution in [3.63, 3.8) is 0 Å². The van der Waals surface area contributed by atoms with Gasteiger partial charge < -0.3 is 24.4 Å². The fraction of sp³-hybridized carbons (Fsp3) is 0.440. The summed E-state index contributed by atoms with van der Waals surface area (Å²) in [6.45, 7) is 1.46. The van der Waals surface area contributed by atoms with Gasteiger partial charge in [-0.3, -0.25) is 9.59 Å². The first-order valence-corrected chi connectivity index (χ1v) is 11.0. The van der Waals surface area contributed by atoms with E-state index in [1.54, 1.807) is 50.5 Å². The predicted octanol–water partition coefficient (Wildman–Crippen LogP) is 3.09. The number of carbonyl (C=O) groups is 2. The number of benzene rings is 2. The van der Waals surface area contributed by atoms with Crippen molar-refractivity contribution in [3.05, 3.63) is 53.6 Å². The van der Waals surface area contributed by atoms with E-state index in [0.29, 0.717) is 48.4 Å². The minimum Gasteiger partial charge on any atom is -0.497 e. The third-order valence-electron chi connectivity index (χ3n) is 6.36. The van der Waals surface area contributed by atoms with E-state index in [9.17, 15) is 9.59 Å². The van der Waals surface area contributed by atoms with Crippen LogP contribution >= 0.6 is 0 Å². The number of methoxy groups -OCH3 is 3. The molecule has 2 aromatic rings. The van der Waals surface area contributed by atoms with Crippen LogP contribution < -0.4 is 19.5 Å². The molecule has 0 bridgehead atoms. The first kappa shape index (κ1) is 22.0. The van der Waals surface area contributed by atoms with Gasteiger partial charge in [0.15, 0.2) is 11.5 Å². The molecule has 1 saturated carbocycles. The largest absolute Gasteiger partial charge is 0.497 e. The zero-order valence-corrected chi connectivity index (χ0v) is 18.8. The normalized spacial score (nSPS) is 20.0. The molecule has 0 spiro atoms. The van der Waals surface area contributed by atoms with Crippen LogP contribution in [0.2, 0.25) is 0 Å². The van der Waals surface area contributed by atoms with Gasteiger partial charge in [-0.25, -0.2) is 0 Å². The Bertz CT molecular complexity index is 988. The molecule has 4 rings (SSSR count). The number of hydrogen-bond acceptors (Lipinski definition) is 5. The number of para-hydroxylation sites is 1. The summed E-state index contributed by atoms with van der Waals surface area (Å²) in [4.78, 5) is 28.2. The molecule has 1 aliphatic heterocycles. The molecule has 7 heteroatoms. The zero-order valence-electron chi connectivity index (χ0n) is 18.8. The topological polar surface area (TPSA) is 77.1 Å². The Balaban J connectivity index is 1.63. The average Bonchev–Trinajstić information content (AvgIpc) is 3.57. The standard InChI is InChI=1S/C25H30N2O5/c1-30-18-7-4-6-17(12-18)25(29)27-14-20(19-8-5-9-22(31-2)23(19)32-3)21(15-27)24(28)26-13-16-10-11-16/h4-9,12,16,20-21H,10-11,13-15H2,1-3H3,(H,26,28)/t20-,21-/m1/s1. The van der Waals surface area contributed by atoms with Crippen LogP contribution in [0.15, 0.2) is 42.5 Å². The van der Waals surface area contributed by atoms with Gasteiger partial charge in [0.05, 0.1) is 27.2 Å². The van der Waals surface area contributed by atoms with Gasteiger partial charge in [0.1, 0.15) is 5.75 Å². The predicted molar refractivity (Wildman–Crippen MR) is 120 cm³/mol. The maximum atomic E-state index is 13.3. The van der Waals surface area contributed by atoms with E-state index >= 15 is 0 Å². The highest BCUT2D eigenvalue weighted by molar-refractivity contribution is 5.95. The quantitative estimate of drug-likeness (QED) is 0.685. The van der Waals surface area contributed by atoms with E-state index < -0.39 is 0 Å². The first-order valence-electron chi connectivity index (χ1n) is 11.0. The Kier molecular flexibility index (Phi) is 6.53. The van der Waals surface area contributed by atoms with Gasteiger partial charge in [-0.2, -0.15) is 0 Å².